The van der Waals surface area contributed by atoms with E-state index in [0.717, 1.165) is 0 Å². The minimum absolute atomic E-state index is 0.00433. The van der Waals surface area contributed by atoms with Crippen LogP contribution in [0.15, 0.2) is 16.5 Å². The second-order valence-corrected chi connectivity index (χ2v) is 8.04. The molecule has 14 heavy (non-hydrogen) atoms. The Labute approximate surface area is 88.0 Å². The largest absolute Gasteiger partial charge is 0.250 e. The van der Waals surface area contributed by atoms with Crippen LogP contribution in [0.1, 0.15) is 27.7 Å². The summed E-state index contributed by atoms with van der Waals surface area (Å²) in [6.07, 6.45) is 4.37. The molecule has 0 fully saturated rings. The number of hydrogen-bond acceptors (Lipinski definition) is 2. The highest BCUT2D eigenvalue weighted by molar-refractivity contribution is 7.93. The van der Waals surface area contributed by atoms with Crippen molar-refractivity contribution in [1.82, 2.24) is 0 Å². The van der Waals surface area contributed by atoms with Gasteiger partial charge in [-0.1, -0.05) is 39.8 Å². The molecule has 1 aliphatic rings. The maximum Gasteiger partial charge on any atom is 0.0481 e. The molecular formula is C11H21NOS. The van der Waals surface area contributed by atoms with Crippen LogP contribution in [-0.4, -0.2) is 22.8 Å². The van der Waals surface area contributed by atoms with Crippen molar-refractivity contribution in [3.05, 3.63) is 12.2 Å². The normalized spacial score (nSPS) is 28.1. The van der Waals surface area contributed by atoms with Crippen LogP contribution in [0.4, 0.5) is 0 Å². The molecule has 0 saturated heterocycles. The monoisotopic (exact) mass is 215 g/mol. The third kappa shape index (κ3) is 2.84. The van der Waals surface area contributed by atoms with E-state index in [1.54, 1.807) is 7.05 Å². The first kappa shape index (κ1) is 11.8. The molecule has 0 amide bonds. The van der Waals surface area contributed by atoms with Crippen LogP contribution >= 0.6 is 0 Å². The second kappa shape index (κ2) is 3.37. The molecule has 0 unspecified atom stereocenters. The SMILES string of the molecule is CN=S1(=O)CC(C)(C)C=CC(C)(C)C1. The molecule has 0 spiro atoms. The molecule has 0 aromatic heterocycles. The van der Waals surface area contributed by atoms with Gasteiger partial charge in [0.2, 0.25) is 0 Å². The number of nitrogens with zero attached hydrogens (tertiary/aromatic N) is 1. The van der Waals surface area contributed by atoms with Crippen molar-refractivity contribution in [3.8, 4) is 0 Å². The Morgan fingerprint density at radius 2 is 1.43 bits per heavy atom. The standard InChI is InChI=1S/C11H21NOS/c1-10(2)6-7-11(3,4)9-14(13,8-10)12-5/h6-7H,8-9H2,1-5H3. The van der Waals surface area contributed by atoms with E-state index in [9.17, 15) is 4.21 Å². The van der Waals surface area contributed by atoms with Crippen LogP contribution < -0.4 is 0 Å². The van der Waals surface area contributed by atoms with Gasteiger partial charge in [-0.15, -0.1) is 0 Å². The predicted molar refractivity (Wildman–Crippen MR) is 62.9 cm³/mol. The molecule has 1 heterocycles. The molecule has 0 atom stereocenters. The molecule has 2 nitrogen and oxygen atoms in total. The van der Waals surface area contributed by atoms with E-state index in [1.165, 1.54) is 0 Å². The van der Waals surface area contributed by atoms with E-state index in [-0.39, 0.29) is 10.8 Å². The first-order valence-electron chi connectivity index (χ1n) is 4.99. The lowest BCUT2D eigenvalue weighted by molar-refractivity contribution is 0.531. The maximum atomic E-state index is 12.4. The van der Waals surface area contributed by atoms with Crippen molar-refractivity contribution in [2.45, 2.75) is 27.7 Å². The predicted octanol–water partition coefficient (Wildman–Crippen LogP) is 2.71. The van der Waals surface area contributed by atoms with E-state index in [2.05, 4.69) is 44.2 Å². The molecule has 0 bridgehead atoms. The molecule has 0 aliphatic carbocycles. The summed E-state index contributed by atoms with van der Waals surface area (Å²) in [6.45, 7) is 8.48. The topological polar surface area (TPSA) is 29.4 Å². The fraction of sp³-hybridized carbons (Fsp3) is 0.818. The van der Waals surface area contributed by atoms with Crippen molar-refractivity contribution in [1.29, 1.82) is 0 Å². The van der Waals surface area contributed by atoms with Crippen LogP contribution in [0.5, 0.6) is 0 Å². The van der Waals surface area contributed by atoms with Gasteiger partial charge in [-0.05, 0) is 10.8 Å². The zero-order valence-electron chi connectivity index (χ0n) is 9.83. The van der Waals surface area contributed by atoms with E-state index >= 15 is 0 Å². The molecule has 1 aliphatic heterocycles. The van der Waals surface area contributed by atoms with E-state index in [1.807, 2.05) is 0 Å². The number of hydrogen-bond donors (Lipinski definition) is 0. The Morgan fingerprint density at radius 3 is 1.71 bits per heavy atom. The smallest absolute Gasteiger partial charge is 0.0481 e. The summed E-state index contributed by atoms with van der Waals surface area (Å²) in [5, 5.41) is 0. The summed E-state index contributed by atoms with van der Waals surface area (Å²) in [6, 6.07) is 0. The quantitative estimate of drug-likeness (QED) is 0.571. The van der Waals surface area contributed by atoms with Gasteiger partial charge in [-0.2, -0.15) is 0 Å². The third-order valence-electron chi connectivity index (χ3n) is 2.51. The van der Waals surface area contributed by atoms with Gasteiger partial charge in [0, 0.05) is 28.3 Å². The number of rotatable bonds is 0. The van der Waals surface area contributed by atoms with Crippen LogP contribution in [0, 0.1) is 10.8 Å². The zero-order valence-corrected chi connectivity index (χ0v) is 10.6. The average molecular weight is 215 g/mol. The first-order chi connectivity index (χ1) is 6.18. The van der Waals surface area contributed by atoms with Crippen molar-refractivity contribution in [2.24, 2.45) is 15.2 Å². The second-order valence-electron chi connectivity index (χ2n) is 5.55. The molecule has 0 saturated carbocycles. The highest BCUT2D eigenvalue weighted by atomic mass is 32.2. The van der Waals surface area contributed by atoms with Gasteiger partial charge in [0.1, 0.15) is 0 Å². The minimum atomic E-state index is -2.02. The van der Waals surface area contributed by atoms with Gasteiger partial charge in [0.25, 0.3) is 0 Å². The van der Waals surface area contributed by atoms with Crippen LogP contribution in [0.2, 0.25) is 0 Å². The van der Waals surface area contributed by atoms with Crippen molar-refractivity contribution in [3.63, 3.8) is 0 Å². The van der Waals surface area contributed by atoms with Gasteiger partial charge in [0.15, 0.2) is 0 Å². The molecule has 3 heteroatoms. The Balaban J connectivity index is 3.18. The Bertz CT molecular complexity index is 331. The third-order valence-corrected chi connectivity index (χ3v) is 5.57. The molecule has 1 rings (SSSR count). The van der Waals surface area contributed by atoms with E-state index in [4.69, 9.17) is 0 Å². The highest BCUT2D eigenvalue weighted by Gasteiger charge is 2.31. The molecule has 0 aromatic rings. The Morgan fingerprint density at radius 1 is 1.07 bits per heavy atom. The van der Waals surface area contributed by atoms with Gasteiger partial charge in [-0.25, -0.2) is 8.57 Å². The number of allylic oxidation sites excluding steroid dienone is 2. The summed E-state index contributed by atoms with van der Waals surface area (Å²) in [4.78, 5) is 0. The highest BCUT2D eigenvalue weighted by Crippen LogP contribution is 2.32. The van der Waals surface area contributed by atoms with Crippen molar-refractivity contribution < 1.29 is 4.21 Å². The van der Waals surface area contributed by atoms with Gasteiger partial charge in [0.05, 0.1) is 0 Å². The van der Waals surface area contributed by atoms with Crippen LogP contribution in [0.3, 0.4) is 0 Å². The summed E-state index contributed by atoms with van der Waals surface area (Å²) < 4.78 is 16.5. The summed E-state index contributed by atoms with van der Waals surface area (Å²) in [7, 11) is -0.337. The Kier molecular flexibility index (Phi) is 2.83. The lowest BCUT2D eigenvalue weighted by Crippen LogP contribution is -2.26. The first-order valence-corrected chi connectivity index (χ1v) is 6.84. The molecule has 0 radical (unpaired) electrons. The average Bonchev–Trinajstić information content (AvgIpc) is 2.06. The lowest BCUT2D eigenvalue weighted by Gasteiger charge is -2.21. The van der Waals surface area contributed by atoms with E-state index < -0.39 is 9.73 Å². The fourth-order valence-corrected chi connectivity index (χ4v) is 4.77. The zero-order chi connectivity index (χ0) is 11.0. The van der Waals surface area contributed by atoms with Crippen LogP contribution in [0.25, 0.3) is 0 Å². The fourth-order valence-electron chi connectivity index (χ4n) is 1.89. The molecular weight excluding hydrogens is 194 g/mol. The van der Waals surface area contributed by atoms with Crippen molar-refractivity contribution >= 4 is 9.73 Å². The summed E-state index contributed by atoms with van der Waals surface area (Å²) >= 11 is 0. The lowest BCUT2D eigenvalue weighted by atomic mass is 9.89. The summed E-state index contributed by atoms with van der Waals surface area (Å²) in [5.74, 6) is 1.35. The molecule has 0 aromatic carbocycles. The van der Waals surface area contributed by atoms with Gasteiger partial charge >= 0.3 is 0 Å². The Hall–Kier alpha value is -0.310. The van der Waals surface area contributed by atoms with Gasteiger partial charge < -0.3 is 0 Å². The summed E-state index contributed by atoms with van der Waals surface area (Å²) in [5.41, 5.74) is 0.00866. The van der Waals surface area contributed by atoms with Crippen LogP contribution in [-0.2, 0) is 9.73 Å². The van der Waals surface area contributed by atoms with Gasteiger partial charge in [-0.3, -0.25) is 0 Å². The van der Waals surface area contributed by atoms with Crippen molar-refractivity contribution in [2.75, 3.05) is 18.6 Å². The maximum absolute atomic E-state index is 12.4. The van der Waals surface area contributed by atoms with E-state index in [0.29, 0.717) is 11.5 Å². The molecule has 0 N–H and O–H groups in total. The molecule has 82 valence electrons. The minimum Gasteiger partial charge on any atom is -0.250 e.